The first-order valence-electron chi connectivity index (χ1n) is 7.15. The first-order valence-corrected chi connectivity index (χ1v) is 10.2. The van der Waals surface area contributed by atoms with E-state index in [1.807, 2.05) is 0 Å². The molecule has 5 nitrogen and oxygen atoms in total. The number of hydrogen-bond acceptors (Lipinski definition) is 5. The second kappa shape index (κ2) is 7.71. The van der Waals surface area contributed by atoms with Gasteiger partial charge in [0.15, 0.2) is 9.84 Å². The van der Waals surface area contributed by atoms with E-state index in [2.05, 4.69) is 58.6 Å². The minimum atomic E-state index is -3.21. The van der Waals surface area contributed by atoms with E-state index in [9.17, 15) is 8.42 Å². The molecule has 0 amide bonds. The Morgan fingerprint density at radius 2 is 1.86 bits per heavy atom. The normalized spacial score (nSPS) is 13.5. The molecule has 0 aromatic carbocycles. The summed E-state index contributed by atoms with van der Waals surface area (Å²) in [5, 5.41) is 2.58. The van der Waals surface area contributed by atoms with E-state index in [1.165, 1.54) is 6.26 Å². The first kappa shape index (κ1) is 18.6. The highest BCUT2D eigenvalue weighted by molar-refractivity contribution is 14.1. The van der Waals surface area contributed by atoms with Crippen molar-refractivity contribution in [2.24, 2.45) is 5.92 Å². The van der Waals surface area contributed by atoms with Gasteiger partial charge in [-0.15, -0.1) is 0 Å². The smallest absolute Gasteiger partial charge is 0.157 e. The summed E-state index contributed by atoms with van der Waals surface area (Å²) in [5.74, 6) is 1.58. The summed E-state index contributed by atoms with van der Waals surface area (Å²) in [4.78, 5) is 8.95. The molecule has 120 valence electrons. The van der Waals surface area contributed by atoms with Gasteiger partial charge in [0, 0.05) is 12.8 Å². The fourth-order valence-electron chi connectivity index (χ4n) is 1.77. The molecule has 1 N–H and O–H groups in total. The molecular formula is C14H24IN3O2S. The standard InChI is InChI=1S/C14H24IN3O2S/c1-6-7-16-14-12(15)11(8-9(2)3)17-13(18-14)10(4)21(5,19)20/h9-10H,6-8H2,1-5H3,(H,16,17,18). The number of halogens is 1. The predicted molar refractivity (Wildman–Crippen MR) is 95.3 cm³/mol. The van der Waals surface area contributed by atoms with Crippen molar-refractivity contribution in [2.75, 3.05) is 18.1 Å². The predicted octanol–water partition coefficient (Wildman–Crippen LogP) is 3.21. The van der Waals surface area contributed by atoms with Crippen LogP contribution in [0.15, 0.2) is 0 Å². The summed E-state index contributed by atoms with van der Waals surface area (Å²) in [6.07, 6.45) is 3.02. The van der Waals surface area contributed by atoms with E-state index in [0.717, 1.165) is 34.5 Å². The van der Waals surface area contributed by atoms with Gasteiger partial charge in [-0.3, -0.25) is 0 Å². The number of hydrogen-bond donors (Lipinski definition) is 1. The molecular weight excluding hydrogens is 401 g/mol. The third-order valence-electron chi connectivity index (χ3n) is 3.09. The van der Waals surface area contributed by atoms with Crippen LogP contribution < -0.4 is 5.32 Å². The van der Waals surface area contributed by atoms with Crippen molar-refractivity contribution in [1.82, 2.24) is 9.97 Å². The van der Waals surface area contributed by atoms with Gasteiger partial charge < -0.3 is 5.32 Å². The van der Waals surface area contributed by atoms with Crippen molar-refractivity contribution in [3.8, 4) is 0 Å². The zero-order valence-corrected chi connectivity index (χ0v) is 16.2. The van der Waals surface area contributed by atoms with Crippen LogP contribution in [-0.2, 0) is 16.3 Å². The number of rotatable bonds is 7. The number of nitrogens with one attached hydrogen (secondary N) is 1. The second-order valence-corrected chi connectivity index (χ2v) is 9.13. The number of sulfone groups is 1. The maximum atomic E-state index is 11.8. The molecule has 1 aromatic heterocycles. The molecule has 1 atom stereocenters. The van der Waals surface area contributed by atoms with E-state index in [-0.39, 0.29) is 0 Å². The summed E-state index contributed by atoms with van der Waals surface area (Å²) in [6, 6.07) is 0. The van der Waals surface area contributed by atoms with Gasteiger partial charge in [0.2, 0.25) is 0 Å². The second-order valence-electron chi connectivity index (χ2n) is 5.69. The highest BCUT2D eigenvalue weighted by Crippen LogP contribution is 2.26. The summed E-state index contributed by atoms with van der Waals surface area (Å²) in [6.45, 7) is 8.77. The summed E-state index contributed by atoms with van der Waals surface area (Å²) >= 11 is 2.24. The van der Waals surface area contributed by atoms with Crippen LogP contribution in [0.4, 0.5) is 5.82 Å². The van der Waals surface area contributed by atoms with Crippen LogP contribution >= 0.6 is 22.6 Å². The van der Waals surface area contributed by atoms with E-state index < -0.39 is 15.1 Å². The molecule has 0 bridgehead atoms. The Morgan fingerprint density at radius 1 is 1.24 bits per heavy atom. The Balaban J connectivity index is 3.31. The molecule has 0 saturated carbocycles. The molecule has 0 radical (unpaired) electrons. The highest BCUT2D eigenvalue weighted by atomic mass is 127. The van der Waals surface area contributed by atoms with Gasteiger partial charge in [-0.1, -0.05) is 20.8 Å². The van der Waals surface area contributed by atoms with Crippen molar-refractivity contribution in [1.29, 1.82) is 0 Å². The van der Waals surface area contributed by atoms with E-state index >= 15 is 0 Å². The molecule has 1 heterocycles. The third-order valence-corrected chi connectivity index (χ3v) is 5.72. The Labute approximate surface area is 141 Å². The maximum Gasteiger partial charge on any atom is 0.157 e. The molecule has 0 spiro atoms. The maximum absolute atomic E-state index is 11.8. The SMILES string of the molecule is CCCNc1nc(C(C)S(C)(=O)=O)nc(CC(C)C)c1I. The van der Waals surface area contributed by atoms with Crippen LogP contribution in [0.5, 0.6) is 0 Å². The molecule has 0 aliphatic heterocycles. The van der Waals surface area contributed by atoms with Crippen LogP contribution in [0.3, 0.4) is 0 Å². The Kier molecular flexibility index (Phi) is 6.83. The fourth-order valence-corrected chi connectivity index (χ4v) is 2.91. The molecule has 0 fully saturated rings. The van der Waals surface area contributed by atoms with Crippen molar-refractivity contribution in [3.63, 3.8) is 0 Å². The zero-order valence-electron chi connectivity index (χ0n) is 13.3. The number of anilines is 1. The molecule has 0 aliphatic rings. The number of nitrogens with zero attached hydrogens (tertiary/aromatic N) is 2. The molecule has 21 heavy (non-hydrogen) atoms. The molecule has 1 unspecified atom stereocenters. The summed E-state index contributed by atoms with van der Waals surface area (Å²) < 4.78 is 24.5. The third kappa shape index (κ3) is 5.36. The number of aromatic nitrogens is 2. The average Bonchev–Trinajstić information content (AvgIpc) is 2.37. The lowest BCUT2D eigenvalue weighted by Crippen LogP contribution is -2.17. The molecule has 1 aromatic rings. The van der Waals surface area contributed by atoms with Crippen molar-refractivity contribution >= 4 is 38.2 Å². The zero-order chi connectivity index (χ0) is 16.2. The van der Waals surface area contributed by atoms with Gasteiger partial charge in [-0.2, -0.15) is 0 Å². The van der Waals surface area contributed by atoms with E-state index in [0.29, 0.717) is 11.7 Å². The average molecular weight is 425 g/mol. The Bertz CT molecular complexity index is 588. The highest BCUT2D eigenvalue weighted by Gasteiger charge is 2.23. The van der Waals surface area contributed by atoms with Crippen LogP contribution in [0.1, 0.15) is 50.9 Å². The largest absolute Gasteiger partial charge is 0.369 e. The monoisotopic (exact) mass is 425 g/mol. The van der Waals surface area contributed by atoms with E-state index in [4.69, 9.17) is 0 Å². The van der Waals surface area contributed by atoms with Crippen LogP contribution in [0.2, 0.25) is 0 Å². The lowest BCUT2D eigenvalue weighted by Gasteiger charge is -2.16. The fraction of sp³-hybridized carbons (Fsp3) is 0.714. The van der Waals surface area contributed by atoms with Gasteiger partial charge in [-0.25, -0.2) is 18.4 Å². The quantitative estimate of drug-likeness (QED) is 0.680. The van der Waals surface area contributed by atoms with Gasteiger partial charge in [-0.05, 0) is 48.3 Å². The van der Waals surface area contributed by atoms with Crippen molar-refractivity contribution in [2.45, 2.75) is 45.8 Å². The van der Waals surface area contributed by atoms with Crippen LogP contribution in [-0.4, -0.2) is 31.2 Å². The lowest BCUT2D eigenvalue weighted by molar-refractivity contribution is 0.587. The molecule has 0 saturated heterocycles. The van der Waals surface area contributed by atoms with Gasteiger partial charge in [0.25, 0.3) is 0 Å². The van der Waals surface area contributed by atoms with Gasteiger partial charge in [0.05, 0.1) is 9.26 Å². The van der Waals surface area contributed by atoms with Crippen LogP contribution in [0.25, 0.3) is 0 Å². The van der Waals surface area contributed by atoms with Gasteiger partial charge in [0.1, 0.15) is 16.9 Å². The van der Waals surface area contributed by atoms with Crippen LogP contribution in [0, 0.1) is 9.49 Å². The Hall–Kier alpha value is -0.440. The molecule has 0 aliphatic carbocycles. The minimum absolute atomic E-state index is 0.382. The van der Waals surface area contributed by atoms with Crippen molar-refractivity contribution in [3.05, 3.63) is 15.1 Å². The first-order chi connectivity index (χ1) is 9.66. The van der Waals surface area contributed by atoms with Gasteiger partial charge >= 0.3 is 0 Å². The summed E-state index contributed by atoms with van der Waals surface area (Å²) in [7, 11) is -3.21. The summed E-state index contributed by atoms with van der Waals surface area (Å²) in [5.41, 5.74) is 0.921. The minimum Gasteiger partial charge on any atom is -0.369 e. The van der Waals surface area contributed by atoms with Crippen molar-refractivity contribution < 1.29 is 8.42 Å². The Morgan fingerprint density at radius 3 is 2.33 bits per heavy atom. The molecule has 7 heteroatoms. The van der Waals surface area contributed by atoms with E-state index in [1.54, 1.807) is 6.92 Å². The topological polar surface area (TPSA) is 72.0 Å². The molecule has 1 rings (SSSR count). The lowest BCUT2D eigenvalue weighted by atomic mass is 10.1.